The average molecular weight is 548 g/mol. The Hall–Kier alpha value is -4.38. The second-order valence-corrected chi connectivity index (χ2v) is 10.3. The van der Waals surface area contributed by atoms with Gasteiger partial charge in [0.25, 0.3) is 0 Å². The average Bonchev–Trinajstić information content (AvgIpc) is 3.31. The molecule has 200 valence electrons. The van der Waals surface area contributed by atoms with E-state index in [0.29, 0.717) is 27.8 Å². The van der Waals surface area contributed by atoms with Crippen LogP contribution in [0.1, 0.15) is 25.2 Å². The normalized spacial score (nSPS) is 12.9. The monoisotopic (exact) mass is 547 g/mol. The van der Waals surface area contributed by atoms with Gasteiger partial charge in [-0.3, -0.25) is 9.88 Å². The first kappa shape index (κ1) is 26.2. The number of hydrogen-bond donors (Lipinski definition) is 1. The van der Waals surface area contributed by atoms with Gasteiger partial charge in [-0.25, -0.2) is 24.1 Å². The van der Waals surface area contributed by atoms with Crippen LogP contribution >= 0.6 is 11.3 Å². The van der Waals surface area contributed by atoms with E-state index in [0.717, 1.165) is 31.6 Å². The van der Waals surface area contributed by atoms with E-state index in [9.17, 15) is 9.90 Å². The molecule has 0 aliphatic rings. The van der Waals surface area contributed by atoms with E-state index in [1.165, 1.54) is 29.8 Å². The maximum atomic E-state index is 15.1. The number of hydrogen-bond acceptors (Lipinski definition) is 8. The minimum Gasteiger partial charge on any atom is -0.495 e. The molecule has 0 bridgehead atoms. The third-order valence-electron chi connectivity index (χ3n) is 6.46. The zero-order valence-corrected chi connectivity index (χ0v) is 22.8. The van der Waals surface area contributed by atoms with Crippen molar-refractivity contribution in [2.75, 3.05) is 12.0 Å². The van der Waals surface area contributed by atoms with Crippen LogP contribution in [0.3, 0.4) is 0 Å². The molecule has 2 atom stereocenters. The Morgan fingerprint density at radius 2 is 1.79 bits per heavy atom. The number of thiazole rings is 1. The van der Waals surface area contributed by atoms with E-state index < -0.39 is 24.1 Å². The van der Waals surface area contributed by atoms with Crippen molar-refractivity contribution < 1.29 is 23.8 Å². The lowest BCUT2D eigenvalue weighted by molar-refractivity contribution is 0.167. The molecule has 0 saturated heterocycles. The zero-order chi connectivity index (χ0) is 27.8. The number of carboxylic acid groups (broad SMARTS) is 1. The summed E-state index contributed by atoms with van der Waals surface area (Å²) in [6, 6.07) is 8.22. The number of pyridine rings is 1. The molecule has 5 aromatic rings. The molecule has 0 aliphatic heterocycles. The second kappa shape index (κ2) is 10.4. The van der Waals surface area contributed by atoms with Gasteiger partial charge in [-0.15, -0.1) is 11.3 Å². The van der Waals surface area contributed by atoms with Gasteiger partial charge in [-0.05, 0) is 51.5 Å². The van der Waals surface area contributed by atoms with E-state index >= 15 is 4.39 Å². The molecular formula is C28H26FN5O4S. The predicted octanol–water partition coefficient (Wildman–Crippen LogP) is 6.41. The fourth-order valence-corrected chi connectivity index (χ4v) is 5.32. The van der Waals surface area contributed by atoms with E-state index in [4.69, 9.17) is 9.47 Å². The van der Waals surface area contributed by atoms with E-state index in [1.807, 2.05) is 25.1 Å². The molecule has 0 radical (unpaired) electrons. The maximum Gasteiger partial charge on any atom is 0.412 e. The molecule has 0 fully saturated rings. The Bertz CT molecular complexity index is 1690. The smallest absolute Gasteiger partial charge is 0.412 e. The molecule has 1 amide bonds. The van der Waals surface area contributed by atoms with Crippen molar-refractivity contribution in [3.8, 4) is 22.1 Å². The molecule has 2 unspecified atom stereocenters. The van der Waals surface area contributed by atoms with Crippen molar-refractivity contribution in [3.63, 3.8) is 0 Å². The molecule has 0 saturated carbocycles. The van der Waals surface area contributed by atoms with Crippen LogP contribution in [-0.4, -0.2) is 50.4 Å². The van der Waals surface area contributed by atoms with Crippen molar-refractivity contribution in [2.24, 2.45) is 0 Å². The second-order valence-electron chi connectivity index (χ2n) is 9.23. The molecule has 5 rings (SSSR count). The molecule has 2 aromatic carbocycles. The maximum absolute atomic E-state index is 15.1. The summed E-state index contributed by atoms with van der Waals surface area (Å²) in [6.07, 6.45) is 2.65. The zero-order valence-electron chi connectivity index (χ0n) is 22.0. The number of halogens is 1. The SMILES string of the molecule is COc1cnc2c(-c3nc4cc(F)c(OC(C)C(C)N(C(=O)O)c5cnc(C)nc5)cc4s3)cc(C)cc2c1. The van der Waals surface area contributed by atoms with Crippen LogP contribution in [0, 0.1) is 19.7 Å². The van der Waals surface area contributed by atoms with Crippen molar-refractivity contribution in [3.05, 3.63) is 66.1 Å². The van der Waals surface area contributed by atoms with Gasteiger partial charge >= 0.3 is 6.09 Å². The number of aromatic nitrogens is 4. The minimum absolute atomic E-state index is 0.0134. The van der Waals surface area contributed by atoms with Crippen LogP contribution in [-0.2, 0) is 0 Å². The highest BCUT2D eigenvalue weighted by atomic mass is 32.1. The first-order valence-electron chi connectivity index (χ1n) is 12.2. The van der Waals surface area contributed by atoms with E-state index in [2.05, 4.69) is 19.9 Å². The fourth-order valence-electron chi connectivity index (χ4n) is 4.33. The first-order valence-corrected chi connectivity index (χ1v) is 13.0. The summed E-state index contributed by atoms with van der Waals surface area (Å²) in [6.45, 7) is 7.08. The Morgan fingerprint density at radius 3 is 2.49 bits per heavy atom. The van der Waals surface area contributed by atoms with Gasteiger partial charge in [0.1, 0.15) is 22.7 Å². The van der Waals surface area contributed by atoms with Crippen LogP contribution < -0.4 is 14.4 Å². The fraction of sp³-hybridized carbons (Fsp3) is 0.250. The van der Waals surface area contributed by atoms with Crippen LogP contribution in [0.2, 0.25) is 0 Å². The number of nitrogens with zero attached hydrogens (tertiary/aromatic N) is 5. The number of amides is 1. The summed E-state index contributed by atoms with van der Waals surface area (Å²) in [5, 5.41) is 11.5. The predicted molar refractivity (Wildman–Crippen MR) is 148 cm³/mol. The first-order chi connectivity index (χ1) is 18.6. The molecule has 11 heteroatoms. The van der Waals surface area contributed by atoms with Crippen molar-refractivity contribution in [1.82, 2.24) is 19.9 Å². The number of fused-ring (bicyclic) bond motifs is 2. The number of rotatable bonds is 7. The molecule has 9 nitrogen and oxygen atoms in total. The highest BCUT2D eigenvalue weighted by molar-refractivity contribution is 7.21. The van der Waals surface area contributed by atoms with Crippen molar-refractivity contribution in [2.45, 2.75) is 39.8 Å². The lowest BCUT2D eigenvalue weighted by Crippen LogP contribution is -2.46. The summed E-state index contributed by atoms with van der Waals surface area (Å²) in [5.74, 6) is 0.608. The minimum atomic E-state index is -1.19. The quantitative estimate of drug-likeness (QED) is 0.249. The number of ether oxygens (including phenoxy) is 2. The topological polar surface area (TPSA) is 111 Å². The van der Waals surface area contributed by atoms with E-state index in [-0.39, 0.29) is 5.75 Å². The van der Waals surface area contributed by atoms with Gasteiger partial charge in [0.05, 0.1) is 53.2 Å². The van der Waals surface area contributed by atoms with Gasteiger partial charge in [-0.1, -0.05) is 0 Å². The Kier molecular flexibility index (Phi) is 7.00. The summed E-state index contributed by atoms with van der Waals surface area (Å²) in [5.41, 5.74) is 3.44. The number of benzene rings is 2. The van der Waals surface area contributed by atoms with Crippen molar-refractivity contribution in [1.29, 1.82) is 0 Å². The molecule has 3 heterocycles. The van der Waals surface area contributed by atoms with Gasteiger partial charge in [0.15, 0.2) is 11.6 Å². The van der Waals surface area contributed by atoms with Crippen molar-refractivity contribution >= 4 is 44.2 Å². The molecular weight excluding hydrogens is 521 g/mol. The van der Waals surface area contributed by atoms with Crippen LogP contribution in [0.25, 0.3) is 31.7 Å². The summed E-state index contributed by atoms with van der Waals surface area (Å²) in [7, 11) is 1.60. The number of methoxy groups -OCH3 is 1. The summed E-state index contributed by atoms with van der Waals surface area (Å²) < 4.78 is 27.1. The molecule has 39 heavy (non-hydrogen) atoms. The molecule has 0 aliphatic carbocycles. The summed E-state index contributed by atoms with van der Waals surface area (Å²) >= 11 is 1.40. The molecule has 1 N–H and O–H groups in total. The Morgan fingerprint density at radius 1 is 1.05 bits per heavy atom. The molecule has 0 spiro atoms. The third kappa shape index (κ3) is 5.17. The van der Waals surface area contributed by atoms with E-state index in [1.54, 1.807) is 40.1 Å². The van der Waals surface area contributed by atoms with Gasteiger partial charge < -0.3 is 14.6 Å². The molecule has 3 aromatic heterocycles. The Balaban J connectivity index is 1.46. The van der Waals surface area contributed by atoms with Crippen LogP contribution in [0.5, 0.6) is 11.5 Å². The Labute approximate surface area is 227 Å². The standard InChI is InChI=1S/C28H26FN5O4S/c1-14-6-18-8-20(37-5)13-32-26(18)21(7-14)27-33-23-9-22(29)24(10-25(23)39-27)38-16(3)15(2)34(28(35)36)19-11-30-17(4)31-12-19/h6-13,15-16H,1-5H3,(H,35,36). The third-order valence-corrected chi connectivity index (χ3v) is 7.51. The largest absolute Gasteiger partial charge is 0.495 e. The van der Waals surface area contributed by atoms with Gasteiger partial charge in [0, 0.05) is 23.1 Å². The number of carbonyl (C=O) groups is 1. The van der Waals surface area contributed by atoms with Crippen LogP contribution in [0.4, 0.5) is 14.9 Å². The van der Waals surface area contributed by atoms with Gasteiger partial charge in [0.2, 0.25) is 0 Å². The van der Waals surface area contributed by atoms with Crippen LogP contribution in [0.15, 0.2) is 48.9 Å². The number of aryl methyl sites for hydroxylation is 2. The highest BCUT2D eigenvalue weighted by Gasteiger charge is 2.29. The van der Waals surface area contributed by atoms with Gasteiger partial charge in [-0.2, -0.15) is 0 Å². The lowest BCUT2D eigenvalue weighted by atomic mass is 10.1. The summed E-state index contributed by atoms with van der Waals surface area (Å²) in [4.78, 5) is 30.6. The number of anilines is 1. The highest BCUT2D eigenvalue weighted by Crippen LogP contribution is 2.38. The lowest BCUT2D eigenvalue weighted by Gasteiger charge is -2.30.